The second-order valence-electron chi connectivity index (χ2n) is 4.32. The van der Waals surface area contributed by atoms with E-state index in [1.807, 2.05) is 0 Å². The van der Waals surface area contributed by atoms with Gasteiger partial charge in [-0.05, 0) is 23.8 Å². The molecule has 1 aromatic carbocycles. The average Bonchev–Trinajstić information content (AvgIpc) is 2.47. The van der Waals surface area contributed by atoms with E-state index < -0.39 is 16.7 Å². The molecule has 116 valence electrons. The lowest BCUT2D eigenvalue weighted by atomic mass is 10.1. The van der Waals surface area contributed by atoms with Gasteiger partial charge in [0.1, 0.15) is 11.9 Å². The van der Waals surface area contributed by atoms with Gasteiger partial charge in [-0.15, -0.1) is 0 Å². The summed E-state index contributed by atoms with van der Waals surface area (Å²) in [6.45, 7) is 0.192. The topological polar surface area (TPSA) is 80.1 Å². The first-order valence-electron chi connectivity index (χ1n) is 6.11. The third-order valence-corrected chi connectivity index (χ3v) is 2.79. The number of anilines is 1. The summed E-state index contributed by atoms with van der Waals surface area (Å²) in [6.07, 6.45) is -1.89. The Balaban J connectivity index is 1.96. The Bertz CT molecular complexity index is 659. The minimum atomic E-state index is -4.37. The van der Waals surface area contributed by atoms with Crippen LogP contribution >= 0.6 is 0 Å². The molecule has 1 heterocycles. The van der Waals surface area contributed by atoms with Gasteiger partial charge in [0.15, 0.2) is 0 Å². The monoisotopic (exact) mass is 312 g/mol. The summed E-state index contributed by atoms with van der Waals surface area (Å²) in [7, 11) is 0. The molecule has 0 unspecified atom stereocenters. The Morgan fingerprint density at radius 1 is 1.18 bits per heavy atom. The minimum Gasteiger partial charge on any atom is -0.315 e. The van der Waals surface area contributed by atoms with Crippen molar-refractivity contribution >= 4 is 11.4 Å². The molecule has 0 aliphatic rings. The Kier molecular flexibility index (Phi) is 4.56. The summed E-state index contributed by atoms with van der Waals surface area (Å²) in [4.78, 5) is 13.8. The predicted octanol–water partition coefficient (Wildman–Crippen LogP) is 3.13. The van der Waals surface area contributed by atoms with Gasteiger partial charge < -0.3 is 5.43 Å². The standard InChI is InChI=1S/C13H11F3N4O2/c14-13(15,16)10-3-1-9(2-4-10)7-18-19-11-5-6-17-8-12(11)20(21)22/h1-6,8,18H,7H2,(H,17,19). The first-order chi connectivity index (χ1) is 10.4. The van der Waals surface area contributed by atoms with Crippen LogP contribution in [-0.2, 0) is 12.7 Å². The highest BCUT2D eigenvalue weighted by atomic mass is 19.4. The van der Waals surface area contributed by atoms with Crippen LogP contribution in [-0.4, -0.2) is 9.91 Å². The predicted molar refractivity (Wildman–Crippen MR) is 72.8 cm³/mol. The zero-order valence-electron chi connectivity index (χ0n) is 11.1. The van der Waals surface area contributed by atoms with E-state index in [4.69, 9.17) is 0 Å². The zero-order valence-corrected chi connectivity index (χ0v) is 11.1. The number of rotatable bonds is 5. The van der Waals surface area contributed by atoms with Crippen LogP contribution in [0.15, 0.2) is 42.7 Å². The molecule has 0 radical (unpaired) electrons. The summed E-state index contributed by atoms with van der Waals surface area (Å²) in [6, 6.07) is 6.03. The van der Waals surface area contributed by atoms with Crippen LogP contribution < -0.4 is 10.9 Å². The third kappa shape index (κ3) is 3.92. The molecule has 2 rings (SSSR count). The minimum absolute atomic E-state index is 0.192. The van der Waals surface area contributed by atoms with Crippen molar-refractivity contribution in [2.24, 2.45) is 0 Å². The van der Waals surface area contributed by atoms with E-state index in [-0.39, 0.29) is 17.9 Å². The van der Waals surface area contributed by atoms with Gasteiger partial charge in [-0.2, -0.15) is 13.2 Å². The number of pyridine rings is 1. The van der Waals surface area contributed by atoms with Crippen LogP contribution in [0, 0.1) is 10.1 Å². The zero-order chi connectivity index (χ0) is 16.2. The highest BCUT2D eigenvalue weighted by molar-refractivity contribution is 5.58. The normalized spacial score (nSPS) is 11.2. The highest BCUT2D eigenvalue weighted by Gasteiger charge is 2.29. The number of aromatic nitrogens is 1. The van der Waals surface area contributed by atoms with Gasteiger partial charge in [0.2, 0.25) is 0 Å². The largest absolute Gasteiger partial charge is 0.416 e. The van der Waals surface area contributed by atoms with E-state index in [0.29, 0.717) is 5.56 Å². The van der Waals surface area contributed by atoms with E-state index in [2.05, 4.69) is 15.8 Å². The molecule has 9 heteroatoms. The Hall–Kier alpha value is -2.68. The van der Waals surface area contributed by atoms with Gasteiger partial charge in [-0.1, -0.05) is 12.1 Å². The maximum absolute atomic E-state index is 12.4. The van der Waals surface area contributed by atoms with Crippen molar-refractivity contribution in [2.45, 2.75) is 12.7 Å². The SMILES string of the molecule is O=[N+]([O-])c1cnccc1NNCc1ccc(C(F)(F)F)cc1. The Labute approximate surface area is 123 Å². The number of benzene rings is 1. The van der Waals surface area contributed by atoms with E-state index >= 15 is 0 Å². The molecular weight excluding hydrogens is 301 g/mol. The molecule has 0 bridgehead atoms. The summed E-state index contributed by atoms with van der Waals surface area (Å²) in [5.74, 6) is 0. The molecule has 22 heavy (non-hydrogen) atoms. The molecule has 0 saturated heterocycles. The third-order valence-electron chi connectivity index (χ3n) is 2.79. The fourth-order valence-corrected chi connectivity index (χ4v) is 1.69. The number of hydrogen-bond donors (Lipinski definition) is 2. The molecule has 0 aliphatic heterocycles. The fourth-order valence-electron chi connectivity index (χ4n) is 1.69. The molecule has 1 aromatic heterocycles. The number of halogens is 3. The number of nitrogens with zero attached hydrogens (tertiary/aromatic N) is 2. The lowest BCUT2D eigenvalue weighted by molar-refractivity contribution is -0.384. The smallest absolute Gasteiger partial charge is 0.315 e. The number of nitro groups is 1. The van der Waals surface area contributed by atoms with Gasteiger partial charge in [-0.25, -0.2) is 5.43 Å². The molecule has 0 spiro atoms. The van der Waals surface area contributed by atoms with Crippen LogP contribution in [0.25, 0.3) is 0 Å². The summed E-state index contributed by atoms with van der Waals surface area (Å²) < 4.78 is 37.2. The van der Waals surface area contributed by atoms with Gasteiger partial charge in [0.05, 0.1) is 10.5 Å². The number of nitrogens with one attached hydrogen (secondary N) is 2. The first kappa shape index (κ1) is 15.7. The molecule has 2 N–H and O–H groups in total. The number of alkyl halides is 3. The van der Waals surface area contributed by atoms with Crippen molar-refractivity contribution in [3.63, 3.8) is 0 Å². The Morgan fingerprint density at radius 2 is 1.86 bits per heavy atom. The quantitative estimate of drug-likeness (QED) is 0.655. The van der Waals surface area contributed by atoms with Crippen molar-refractivity contribution in [2.75, 3.05) is 5.43 Å². The van der Waals surface area contributed by atoms with E-state index in [0.717, 1.165) is 18.3 Å². The fraction of sp³-hybridized carbons (Fsp3) is 0.154. The summed E-state index contributed by atoms with van der Waals surface area (Å²) >= 11 is 0. The van der Waals surface area contributed by atoms with Crippen LogP contribution in [0.4, 0.5) is 24.5 Å². The van der Waals surface area contributed by atoms with Gasteiger partial charge >= 0.3 is 11.9 Å². The van der Waals surface area contributed by atoms with Crippen LogP contribution in [0.1, 0.15) is 11.1 Å². The second-order valence-corrected chi connectivity index (χ2v) is 4.32. The highest BCUT2D eigenvalue weighted by Crippen LogP contribution is 2.29. The maximum atomic E-state index is 12.4. The number of hydrogen-bond acceptors (Lipinski definition) is 5. The molecular formula is C13H11F3N4O2. The van der Waals surface area contributed by atoms with Crippen molar-refractivity contribution in [3.05, 3.63) is 64.0 Å². The molecule has 0 aliphatic carbocycles. The summed E-state index contributed by atoms with van der Waals surface area (Å²) in [5.41, 5.74) is 5.22. The molecule has 6 nitrogen and oxygen atoms in total. The van der Waals surface area contributed by atoms with E-state index in [1.54, 1.807) is 0 Å². The van der Waals surface area contributed by atoms with Crippen molar-refractivity contribution in [3.8, 4) is 0 Å². The molecule has 0 amide bonds. The molecule has 0 fully saturated rings. The molecule has 2 aromatic rings. The lowest BCUT2D eigenvalue weighted by Crippen LogP contribution is -2.21. The van der Waals surface area contributed by atoms with Gasteiger partial charge in [0.25, 0.3) is 0 Å². The average molecular weight is 312 g/mol. The second kappa shape index (κ2) is 6.39. The van der Waals surface area contributed by atoms with E-state index in [9.17, 15) is 23.3 Å². The molecule has 0 atom stereocenters. The van der Waals surface area contributed by atoms with E-state index in [1.165, 1.54) is 24.4 Å². The summed E-state index contributed by atoms with van der Waals surface area (Å²) in [5, 5.41) is 10.8. The van der Waals surface area contributed by atoms with Crippen LogP contribution in [0.5, 0.6) is 0 Å². The van der Waals surface area contributed by atoms with Gasteiger partial charge in [-0.3, -0.25) is 15.1 Å². The van der Waals surface area contributed by atoms with Crippen molar-refractivity contribution < 1.29 is 18.1 Å². The lowest BCUT2D eigenvalue weighted by Gasteiger charge is -2.10. The molecule has 0 saturated carbocycles. The number of hydrazine groups is 1. The van der Waals surface area contributed by atoms with Gasteiger partial charge in [0, 0.05) is 12.7 Å². The maximum Gasteiger partial charge on any atom is 0.416 e. The first-order valence-corrected chi connectivity index (χ1v) is 6.11. The van der Waals surface area contributed by atoms with Crippen LogP contribution in [0.2, 0.25) is 0 Å². The van der Waals surface area contributed by atoms with Crippen molar-refractivity contribution in [1.29, 1.82) is 0 Å². The van der Waals surface area contributed by atoms with Crippen LogP contribution in [0.3, 0.4) is 0 Å². The van der Waals surface area contributed by atoms with Crippen molar-refractivity contribution in [1.82, 2.24) is 10.4 Å². The Morgan fingerprint density at radius 3 is 2.45 bits per heavy atom.